The van der Waals surface area contributed by atoms with E-state index < -0.39 is 0 Å². The number of hydrogen-bond donors (Lipinski definition) is 1. The largest absolute Gasteiger partial charge is 0.374 e. The smallest absolute Gasteiger partial charge is 0.253 e. The number of carbonyl (C=O) groups is 2. The first kappa shape index (κ1) is 22.1. The molecule has 2 aliphatic heterocycles. The Morgan fingerprint density at radius 1 is 1.21 bits per heavy atom. The Labute approximate surface area is 178 Å². The first-order valence-electron chi connectivity index (χ1n) is 10.6. The Bertz CT molecular complexity index is 695. The van der Waals surface area contributed by atoms with Crippen molar-refractivity contribution < 1.29 is 14.3 Å². The summed E-state index contributed by atoms with van der Waals surface area (Å²) in [6.45, 7) is 9.66. The van der Waals surface area contributed by atoms with Crippen molar-refractivity contribution in [1.82, 2.24) is 15.1 Å². The Morgan fingerprint density at radius 2 is 1.97 bits per heavy atom. The molecular formula is C22H32ClN3O3. The molecule has 1 N–H and O–H groups in total. The Morgan fingerprint density at radius 3 is 2.69 bits per heavy atom. The van der Waals surface area contributed by atoms with Gasteiger partial charge in [0.15, 0.2) is 0 Å². The molecule has 2 amide bonds. The fraction of sp³-hybridized carbons (Fsp3) is 0.636. The second-order valence-corrected chi connectivity index (χ2v) is 8.93. The molecule has 160 valence electrons. The molecule has 1 aromatic carbocycles. The highest BCUT2D eigenvalue weighted by molar-refractivity contribution is 6.30. The number of likely N-dealkylation sites (tertiary alicyclic amines) is 1. The SMILES string of the molecule is CC(C)CN1CCOC(CNC(=O)C2CCCN(C(=O)c3ccc(Cl)cc3)C2)C1. The van der Waals surface area contributed by atoms with Crippen LogP contribution in [0.1, 0.15) is 37.0 Å². The third kappa shape index (κ3) is 6.43. The van der Waals surface area contributed by atoms with Gasteiger partial charge in [0.2, 0.25) is 5.91 Å². The fourth-order valence-electron chi connectivity index (χ4n) is 4.10. The predicted octanol–water partition coefficient (Wildman–Crippen LogP) is 2.67. The van der Waals surface area contributed by atoms with Crippen LogP contribution in [-0.4, -0.2) is 73.6 Å². The average Bonchev–Trinajstić information content (AvgIpc) is 2.72. The van der Waals surface area contributed by atoms with Crippen LogP contribution in [0.5, 0.6) is 0 Å². The number of piperidine rings is 1. The second-order valence-electron chi connectivity index (χ2n) is 8.49. The summed E-state index contributed by atoms with van der Waals surface area (Å²) in [6.07, 6.45) is 1.67. The maximum atomic E-state index is 12.7. The van der Waals surface area contributed by atoms with Crippen molar-refractivity contribution in [3.05, 3.63) is 34.9 Å². The molecular weight excluding hydrogens is 390 g/mol. The van der Waals surface area contributed by atoms with Crippen LogP contribution in [0.3, 0.4) is 0 Å². The number of nitrogens with zero attached hydrogens (tertiary/aromatic N) is 2. The van der Waals surface area contributed by atoms with Crippen molar-refractivity contribution >= 4 is 23.4 Å². The molecule has 0 aromatic heterocycles. The standard InChI is InChI=1S/C22H32ClN3O3/c1-16(2)13-25-10-11-29-20(15-25)12-24-21(27)18-4-3-9-26(14-18)22(28)17-5-7-19(23)8-6-17/h5-8,16,18,20H,3-4,9-15H2,1-2H3,(H,24,27). The average molecular weight is 422 g/mol. The van der Waals surface area contributed by atoms with Gasteiger partial charge in [0.25, 0.3) is 5.91 Å². The monoisotopic (exact) mass is 421 g/mol. The summed E-state index contributed by atoms with van der Waals surface area (Å²) in [5.41, 5.74) is 0.608. The molecule has 2 fully saturated rings. The lowest BCUT2D eigenvalue weighted by Gasteiger charge is -2.35. The fourth-order valence-corrected chi connectivity index (χ4v) is 4.22. The van der Waals surface area contributed by atoms with Crippen LogP contribution in [0, 0.1) is 11.8 Å². The normalized spacial score (nSPS) is 23.2. The molecule has 2 atom stereocenters. The van der Waals surface area contributed by atoms with Crippen molar-refractivity contribution in [2.45, 2.75) is 32.8 Å². The number of nitrogens with one attached hydrogen (secondary N) is 1. The molecule has 0 radical (unpaired) electrons. The van der Waals surface area contributed by atoms with Crippen molar-refractivity contribution in [2.75, 3.05) is 45.9 Å². The molecule has 0 spiro atoms. The van der Waals surface area contributed by atoms with E-state index in [0.29, 0.717) is 42.7 Å². The van der Waals surface area contributed by atoms with Gasteiger partial charge in [-0.1, -0.05) is 25.4 Å². The molecule has 7 heteroatoms. The Balaban J connectivity index is 1.48. The van der Waals surface area contributed by atoms with Crippen molar-refractivity contribution in [1.29, 1.82) is 0 Å². The highest BCUT2D eigenvalue weighted by Gasteiger charge is 2.30. The van der Waals surface area contributed by atoms with E-state index in [9.17, 15) is 9.59 Å². The third-order valence-electron chi connectivity index (χ3n) is 5.52. The summed E-state index contributed by atoms with van der Waals surface area (Å²) in [5, 5.41) is 3.66. The van der Waals surface area contributed by atoms with E-state index in [4.69, 9.17) is 16.3 Å². The minimum Gasteiger partial charge on any atom is -0.374 e. The van der Waals surface area contributed by atoms with Gasteiger partial charge >= 0.3 is 0 Å². The van der Waals surface area contributed by atoms with Gasteiger partial charge in [0.05, 0.1) is 18.6 Å². The first-order valence-corrected chi connectivity index (χ1v) is 11.0. The van der Waals surface area contributed by atoms with Crippen molar-refractivity contribution in [3.8, 4) is 0 Å². The second kappa shape index (κ2) is 10.4. The summed E-state index contributed by atoms with van der Waals surface area (Å²) in [7, 11) is 0. The molecule has 1 aromatic rings. The lowest BCUT2D eigenvalue weighted by Crippen LogP contribution is -2.50. The quantitative estimate of drug-likeness (QED) is 0.767. The number of rotatable bonds is 6. The summed E-state index contributed by atoms with van der Waals surface area (Å²) >= 11 is 5.91. The number of benzene rings is 1. The number of morpholine rings is 1. The van der Waals surface area contributed by atoms with Crippen LogP contribution in [-0.2, 0) is 9.53 Å². The van der Waals surface area contributed by atoms with Gasteiger partial charge < -0.3 is 15.0 Å². The maximum Gasteiger partial charge on any atom is 0.253 e. The molecule has 6 nitrogen and oxygen atoms in total. The van der Waals surface area contributed by atoms with Gasteiger partial charge in [-0.25, -0.2) is 0 Å². The van der Waals surface area contributed by atoms with Crippen LogP contribution in [0.25, 0.3) is 0 Å². The van der Waals surface area contributed by atoms with E-state index in [1.165, 1.54) is 0 Å². The third-order valence-corrected chi connectivity index (χ3v) is 5.77. The number of hydrogen-bond acceptors (Lipinski definition) is 4. The van der Waals surface area contributed by atoms with E-state index >= 15 is 0 Å². The van der Waals surface area contributed by atoms with Gasteiger partial charge in [-0.05, 0) is 43.0 Å². The Hall–Kier alpha value is -1.63. The summed E-state index contributed by atoms with van der Waals surface area (Å²) in [5.74, 6) is 0.424. The summed E-state index contributed by atoms with van der Waals surface area (Å²) in [6, 6.07) is 6.90. The number of ether oxygens (including phenoxy) is 1. The highest BCUT2D eigenvalue weighted by atomic mass is 35.5. The van der Waals surface area contributed by atoms with Crippen molar-refractivity contribution in [2.24, 2.45) is 11.8 Å². The van der Waals surface area contributed by atoms with Crippen LogP contribution in [0.2, 0.25) is 5.02 Å². The number of amides is 2. The minimum absolute atomic E-state index is 0.0168. The molecule has 0 saturated carbocycles. The van der Waals surface area contributed by atoms with E-state index in [1.54, 1.807) is 29.2 Å². The zero-order valence-corrected chi connectivity index (χ0v) is 18.2. The van der Waals surface area contributed by atoms with Crippen molar-refractivity contribution in [3.63, 3.8) is 0 Å². The van der Waals surface area contributed by atoms with Crippen LogP contribution in [0.4, 0.5) is 0 Å². The molecule has 2 heterocycles. The molecule has 2 aliphatic rings. The number of halogens is 1. The minimum atomic E-state index is -0.171. The summed E-state index contributed by atoms with van der Waals surface area (Å²) < 4.78 is 5.82. The highest BCUT2D eigenvalue weighted by Crippen LogP contribution is 2.20. The molecule has 0 bridgehead atoms. The molecule has 29 heavy (non-hydrogen) atoms. The zero-order valence-electron chi connectivity index (χ0n) is 17.4. The van der Waals surface area contributed by atoms with Gasteiger partial charge in [-0.2, -0.15) is 0 Å². The molecule has 2 unspecified atom stereocenters. The number of carbonyl (C=O) groups excluding carboxylic acids is 2. The van der Waals surface area contributed by atoms with Gasteiger partial charge in [-0.15, -0.1) is 0 Å². The summed E-state index contributed by atoms with van der Waals surface area (Å²) in [4.78, 5) is 29.6. The molecule has 3 rings (SSSR count). The first-order chi connectivity index (χ1) is 13.9. The van der Waals surface area contributed by atoms with E-state index in [2.05, 4.69) is 24.1 Å². The van der Waals surface area contributed by atoms with E-state index in [0.717, 1.165) is 32.5 Å². The maximum absolute atomic E-state index is 12.7. The van der Waals surface area contributed by atoms with Crippen LogP contribution < -0.4 is 5.32 Å². The van der Waals surface area contributed by atoms with Gasteiger partial charge in [0, 0.05) is 49.9 Å². The predicted molar refractivity (Wildman–Crippen MR) is 114 cm³/mol. The zero-order chi connectivity index (χ0) is 20.8. The van der Waals surface area contributed by atoms with E-state index in [-0.39, 0.29) is 23.8 Å². The molecule has 0 aliphatic carbocycles. The van der Waals surface area contributed by atoms with Crippen LogP contribution in [0.15, 0.2) is 24.3 Å². The molecule has 2 saturated heterocycles. The van der Waals surface area contributed by atoms with E-state index in [1.807, 2.05) is 0 Å². The Kier molecular flexibility index (Phi) is 7.92. The van der Waals surface area contributed by atoms with Gasteiger partial charge in [0.1, 0.15) is 0 Å². The lowest BCUT2D eigenvalue weighted by molar-refractivity contribution is -0.127. The topological polar surface area (TPSA) is 61.9 Å². The van der Waals surface area contributed by atoms with Gasteiger partial charge in [-0.3, -0.25) is 14.5 Å². The lowest BCUT2D eigenvalue weighted by atomic mass is 9.96. The van der Waals surface area contributed by atoms with Crippen LogP contribution >= 0.6 is 11.6 Å².